The van der Waals surface area contributed by atoms with Gasteiger partial charge in [-0.05, 0) is 45.0 Å². The van der Waals surface area contributed by atoms with Crippen LogP contribution >= 0.6 is 0 Å². The summed E-state index contributed by atoms with van der Waals surface area (Å²) < 4.78 is 45.6. The molecule has 32 heavy (non-hydrogen) atoms. The minimum Gasteiger partial charge on any atom is -0.493 e. The van der Waals surface area contributed by atoms with Gasteiger partial charge in [-0.3, -0.25) is 4.79 Å². The number of imidazole rings is 1. The highest BCUT2D eigenvalue weighted by Gasteiger charge is 2.36. The maximum Gasteiger partial charge on any atom is 0.419 e. The number of halogens is 3. The standard InChI is InChI=1S/C21H21F3N6O2/c1-4-32-15-6-5-10(7-11(15)21(22,23)24)12-8-13-16(14(9-25)28-12)30-18(29-13)17(26)20(2,3)19(27)31/h5-8,17H,4,26H2,1-3H3,(H2,27,31)(H,29,30). The highest BCUT2D eigenvalue weighted by atomic mass is 19.4. The second-order valence-corrected chi connectivity index (χ2v) is 7.69. The van der Waals surface area contributed by atoms with Crippen molar-refractivity contribution in [1.82, 2.24) is 15.0 Å². The molecule has 1 unspecified atom stereocenters. The van der Waals surface area contributed by atoms with Crippen LogP contribution in [0.3, 0.4) is 0 Å². The predicted octanol–water partition coefficient (Wildman–Crippen LogP) is 3.43. The van der Waals surface area contributed by atoms with Gasteiger partial charge in [0.25, 0.3) is 0 Å². The van der Waals surface area contributed by atoms with Crippen LogP contribution in [0.1, 0.15) is 43.9 Å². The Morgan fingerprint density at radius 1 is 1.28 bits per heavy atom. The van der Waals surface area contributed by atoms with E-state index in [0.29, 0.717) is 5.52 Å². The fourth-order valence-corrected chi connectivity index (χ4v) is 3.09. The number of benzene rings is 1. The van der Waals surface area contributed by atoms with Crippen LogP contribution in [0.2, 0.25) is 0 Å². The zero-order chi connectivity index (χ0) is 23.8. The van der Waals surface area contributed by atoms with Gasteiger partial charge in [-0.2, -0.15) is 18.4 Å². The first-order valence-corrected chi connectivity index (χ1v) is 9.60. The number of hydrogen-bond acceptors (Lipinski definition) is 6. The molecule has 0 aliphatic rings. The molecule has 0 bridgehead atoms. The zero-order valence-corrected chi connectivity index (χ0v) is 17.5. The van der Waals surface area contributed by atoms with Crippen LogP contribution in [0.15, 0.2) is 24.3 Å². The summed E-state index contributed by atoms with van der Waals surface area (Å²) in [5, 5.41) is 9.53. The van der Waals surface area contributed by atoms with Crippen molar-refractivity contribution >= 4 is 16.9 Å². The van der Waals surface area contributed by atoms with Crippen molar-refractivity contribution < 1.29 is 22.7 Å². The number of nitriles is 1. The summed E-state index contributed by atoms with van der Waals surface area (Å²) in [5.41, 5.74) is 10.1. The second-order valence-electron chi connectivity index (χ2n) is 7.69. The van der Waals surface area contributed by atoms with E-state index in [-0.39, 0.29) is 40.6 Å². The molecule has 2 heterocycles. The summed E-state index contributed by atoms with van der Waals surface area (Å²) in [7, 11) is 0. The Kier molecular flexibility index (Phi) is 5.84. The number of nitrogens with one attached hydrogen (secondary N) is 1. The van der Waals surface area contributed by atoms with E-state index in [9.17, 15) is 23.2 Å². The number of aromatic nitrogens is 3. The number of rotatable bonds is 6. The third-order valence-corrected chi connectivity index (χ3v) is 5.18. The molecule has 0 spiro atoms. The van der Waals surface area contributed by atoms with E-state index in [1.165, 1.54) is 18.2 Å². The van der Waals surface area contributed by atoms with Crippen molar-refractivity contribution in [3.05, 3.63) is 41.3 Å². The Morgan fingerprint density at radius 2 is 1.97 bits per heavy atom. The lowest BCUT2D eigenvalue weighted by Crippen LogP contribution is -2.41. The number of ether oxygens (including phenoxy) is 1. The van der Waals surface area contributed by atoms with E-state index in [1.54, 1.807) is 20.8 Å². The van der Waals surface area contributed by atoms with Gasteiger partial charge in [0.05, 0.1) is 34.8 Å². The van der Waals surface area contributed by atoms with E-state index in [4.69, 9.17) is 16.2 Å². The lowest BCUT2D eigenvalue weighted by atomic mass is 9.84. The molecule has 0 fully saturated rings. The van der Waals surface area contributed by atoms with E-state index in [2.05, 4.69) is 15.0 Å². The highest BCUT2D eigenvalue weighted by molar-refractivity contribution is 5.85. The summed E-state index contributed by atoms with van der Waals surface area (Å²) in [6.45, 7) is 4.77. The molecular weight excluding hydrogens is 425 g/mol. The lowest BCUT2D eigenvalue weighted by molar-refractivity contribution is -0.138. The maximum atomic E-state index is 13.5. The normalized spacial score (nSPS) is 13.1. The number of primary amides is 1. The van der Waals surface area contributed by atoms with Crippen molar-refractivity contribution in [2.45, 2.75) is 33.0 Å². The smallest absolute Gasteiger partial charge is 0.419 e. The molecule has 5 N–H and O–H groups in total. The number of H-pyrrole nitrogens is 1. The van der Waals surface area contributed by atoms with Gasteiger partial charge >= 0.3 is 6.18 Å². The molecular formula is C21H21F3N6O2. The number of amides is 1. The number of carbonyl (C=O) groups is 1. The fourth-order valence-electron chi connectivity index (χ4n) is 3.09. The molecule has 1 amide bonds. The van der Waals surface area contributed by atoms with Crippen LogP contribution < -0.4 is 16.2 Å². The molecule has 2 aromatic heterocycles. The second kappa shape index (κ2) is 8.12. The van der Waals surface area contributed by atoms with Crippen molar-refractivity contribution in [2.24, 2.45) is 16.9 Å². The summed E-state index contributed by atoms with van der Waals surface area (Å²) in [5.74, 6) is -0.741. The average molecular weight is 446 g/mol. The summed E-state index contributed by atoms with van der Waals surface area (Å²) >= 11 is 0. The van der Waals surface area contributed by atoms with Gasteiger partial charge < -0.3 is 21.2 Å². The third kappa shape index (κ3) is 4.09. The van der Waals surface area contributed by atoms with Crippen LogP contribution in [0.4, 0.5) is 13.2 Å². The SMILES string of the molecule is CCOc1ccc(-c2cc3[nH]c(C(N)C(C)(C)C(N)=O)nc3c(C#N)n2)cc1C(F)(F)F. The number of nitrogens with zero attached hydrogens (tertiary/aromatic N) is 3. The van der Waals surface area contributed by atoms with Crippen molar-refractivity contribution in [1.29, 1.82) is 5.26 Å². The Balaban J connectivity index is 2.16. The molecule has 0 aliphatic carbocycles. The predicted molar refractivity (Wildman–Crippen MR) is 110 cm³/mol. The van der Waals surface area contributed by atoms with Gasteiger partial charge in [0.15, 0.2) is 5.69 Å². The summed E-state index contributed by atoms with van der Waals surface area (Å²) in [6.07, 6.45) is -4.64. The molecule has 3 rings (SSSR count). The van der Waals surface area contributed by atoms with Gasteiger partial charge in [0, 0.05) is 5.56 Å². The molecule has 1 atom stereocenters. The van der Waals surface area contributed by atoms with E-state index in [1.807, 2.05) is 6.07 Å². The molecule has 0 saturated carbocycles. The number of hydrogen-bond donors (Lipinski definition) is 3. The number of pyridine rings is 1. The minimum absolute atomic E-state index is 0.0735. The Bertz CT molecular complexity index is 1230. The lowest BCUT2D eigenvalue weighted by Gasteiger charge is -2.26. The Hall–Kier alpha value is -3.65. The Labute approximate surface area is 181 Å². The van der Waals surface area contributed by atoms with Gasteiger partial charge in [0.1, 0.15) is 23.2 Å². The fraction of sp³-hybridized carbons (Fsp3) is 0.333. The molecule has 0 aliphatic heterocycles. The monoisotopic (exact) mass is 446 g/mol. The number of nitrogens with two attached hydrogens (primary N) is 2. The first-order valence-electron chi connectivity index (χ1n) is 9.60. The third-order valence-electron chi connectivity index (χ3n) is 5.18. The van der Waals surface area contributed by atoms with E-state index >= 15 is 0 Å². The minimum atomic E-state index is -4.64. The highest BCUT2D eigenvalue weighted by Crippen LogP contribution is 2.39. The first kappa shape index (κ1) is 23.0. The van der Waals surface area contributed by atoms with E-state index < -0.39 is 29.1 Å². The molecule has 0 radical (unpaired) electrons. The number of carbonyl (C=O) groups excluding carboxylic acids is 1. The van der Waals surface area contributed by atoms with Gasteiger partial charge in [-0.15, -0.1) is 0 Å². The number of fused-ring (bicyclic) bond motifs is 1. The van der Waals surface area contributed by atoms with Crippen LogP contribution in [0.25, 0.3) is 22.3 Å². The van der Waals surface area contributed by atoms with Gasteiger partial charge in [-0.1, -0.05) is 0 Å². The molecule has 168 valence electrons. The van der Waals surface area contributed by atoms with Crippen molar-refractivity contribution in [3.63, 3.8) is 0 Å². The quantitative estimate of drug-likeness (QED) is 0.529. The molecule has 11 heteroatoms. The topological polar surface area (TPSA) is 144 Å². The van der Waals surface area contributed by atoms with Crippen molar-refractivity contribution in [3.8, 4) is 23.1 Å². The first-order chi connectivity index (χ1) is 14.9. The Morgan fingerprint density at radius 3 is 2.53 bits per heavy atom. The largest absolute Gasteiger partial charge is 0.493 e. The number of aromatic amines is 1. The van der Waals surface area contributed by atoms with E-state index in [0.717, 1.165) is 6.07 Å². The van der Waals surface area contributed by atoms with Crippen LogP contribution in [0, 0.1) is 16.7 Å². The summed E-state index contributed by atoms with van der Waals surface area (Å²) in [4.78, 5) is 23.1. The average Bonchev–Trinajstić information content (AvgIpc) is 3.16. The van der Waals surface area contributed by atoms with Gasteiger partial charge in [-0.25, -0.2) is 9.97 Å². The molecule has 0 saturated heterocycles. The zero-order valence-electron chi connectivity index (χ0n) is 17.5. The molecule has 1 aromatic carbocycles. The number of alkyl halides is 3. The molecule has 8 nitrogen and oxygen atoms in total. The van der Waals surface area contributed by atoms with Crippen LogP contribution in [-0.2, 0) is 11.0 Å². The van der Waals surface area contributed by atoms with Crippen molar-refractivity contribution in [2.75, 3.05) is 6.61 Å². The molecule has 3 aromatic rings. The van der Waals surface area contributed by atoms with Gasteiger partial charge in [0.2, 0.25) is 5.91 Å². The summed E-state index contributed by atoms with van der Waals surface area (Å²) in [6, 6.07) is 6.00. The van der Waals surface area contributed by atoms with Crippen LogP contribution in [0.5, 0.6) is 5.75 Å². The maximum absolute atomic E-state index is 13.5. The van der Waals surface area contributed by atoms with Crippen LogP contribution in [-0.4, -0.2) is 27.5 Å².